The van der Waals surface area contributed by atoms with Gasteiger partial charge in [-0.05, 0) is 60.2 Å². The molecule has 0 unspecified atom stereocenters. The third kappa shape index (κ3) is 6.87. The summed E-state index contributed by atoms with van der Waals surface area (Å²) in [6, 6.07) is 12.0. The van der Waals surface area contributed by atoms with E-state index >= 15 is 4.39 Å². The molecule has 0 spiro atoms. The lowest BCUT2D eigenvalue weighted by atomic mass is 9.97. The fourth-order valence-electron chi connectivity index (χ4n) is 4.59. The Morgan fingerprint density at radius 2 is 1.22 bits per heavy atom. The second kappa shape index (κ2) is 12.9. The van der Waals surface area contributed by atoms with Crippen LogP contribution in [-0.4, -0.2) is 9.97 Å². The first-order valence-corrected chi connectivity index (χ1v) is 13.5. The standard InChI is InChI=1S/C34H22F8N2O/c1-2-3-4-5-19-17-43-33(44-18-19)21-8-6-20(7-9-21)22-10-11-25(26(35)12-22)23-13-27(36)31(28(37)14-23)34(41,42)45-24-15-29(38)32(40)30(39)16-24/h2-3,6-18H,4-5H2,1H3. The van der Waals surface area contributed by atoms with Gasteiger partial charge in [-0.15, -0.1) is 0 Å². The van der Waals surface area contributed by atoms with Crippen LogP contribution in [0.3, 0.4) is 0 Å². The van der Waals surface area contributed by atoms with E-state index in [0.29, 0.717) is 29.1 Å². The first-order chi connectivity index (χ1) is 21.5. The molecule has 0 aliphatic carbocycles. The first-order valence-electron chi connectivity index (χ1n) is 13.5. The Bertz CT molecular complexity index is 1830. The number of rotatable bonds is 9. The predicted molar refractivity (Wildman–Crippen MR) is 152 cm³/mol. The van der Waals surface area contributed by atoms with Crippen LogP contribution < -0.4 is 4.74 Å². The van der Waals surface area contributed by atoms with Gasteiger partial charge in [0, 0.05) is 35.7 Å². The van der Waals surface area contributed by atoms with Crippen LogP contribution in [0.25, 0.3) is 33.6 Å². The van der Waals surface area contributed by atoms with Crippen LogP contribution in [-0.2, 0) is 12.5 Å². The van der Waals surface area contributed by atoms with Crippen LogP contribution in [0.4, 0.5) is 35.1 Å². The van der Waals surface area contributed by atoms with Crippen molar-refractivity contribution in [3.63, 3.8) is 0 Å². The molecule has 0 bridgehead atoms. The molecule has 5 aromatic rings. The average molecular weight is 627 g/mol. The fraction of sp³-hybridized carbons (Fsp3) is 0.118. The Labute approximate surface area is 252 Å². The van der Waals surface area contributed by atoms with Gasteiger partial charge in [0.2, 0.25) is 0 Å². The van der Waals surface area contributed by atoms with E-state index in [1.807, 2.05) is 13.0 Å². The molecule has 0 saturated carbocycles. The van der Waals surface area contributed by atoms with Crippen molar-refractivity contribution in [1.29, 1.82) is 0 Å². The number of benzene rings is 4. The Balaban J connectivity index is 1.35. The largest absolute Gasteiger partial charge is 0.432 e. The van der Waals surface area contributed by atoms with Gasteiger partial charge in [-0.25, -0.2) is 36.3 Å². The molecule has 0 fully saturated rings. The number of ether oxygens (including phenoxy) is 1. The topological polar surface area (TPSA) is 35.0 Å². The van der Waals surface area contributed by atoms with E-state index in [1.54, 1.807) is 36.7 Å². The first kappa shape index (κ1) is 31.4. The van der Waals surface area contributed by atoms with Crippen LogP contribution in [0.5, 0.6) is 5.75 Å². The molecule has 45 heavy (non-hydrogen) atoms. The Morgan fingerprint density at radius 3 is 1.80 bits per heavy atom. The zero-order valence-corrected chi connectivity index (χ0v) is 23.4. The van der Waals surface area contributed by atoms with E-state index in [4.69, 9.17) is 0 Å². The summed E-state index contributed by atoms with van der Waals surface area (Å²) in [5.41, 5.74) is 0.213. The highest BCUT2D eigenvalue weighted by Crippen LogP contribution is 2.38. The van der Waals surface area contributed by atoms with Gasteiger partial charge in [-0.1, -0.05) is 48.6 Å². The molecule has 0 saturated heterocycles. The molecule has 0 radical (unpaired) electrons. The molecular weight excluding hydrogens is 604 g/mol. The third-order valence-electron chi connectivity index (χ3n) is 6.83. The zero-order chi connectivity index (χ0) is 32.3. The SMILES string of the molecule is CC=CCCc1cnc(-c2ccc(-c3ccc(-c4cc(F)c(C(F)(F)Oc5cc(F)c(F)c(F)c5)c(F)c4)c(F)c3)cc2)nc1. The normalized spacial score (nSPS) is 11.8. The van der Waals surface area contributed by atoms with Crippen LogP contribution >= 0.6 is 0 Å². The average Bonchev–Trinajstić information content (AvgIpc) is 2.99. The summed E-state index contributed by atoms with van der Waals surface area (Å²) in [5.74, 6) is -10.9. The molecule has 0 amide bonds. The molecule has 0 aliphatic heterocycles. The number of alkyl halides is 2. The van der Waals surface area contributed by atoms with Gasteiger partial charge >= 0.3 is 6.11 Å². The number of halogens is 8. The number of nitrogens with zero attached hydrogens (tertiary/aromatic N) is 2. The van der Waals surface area contributed by atoms with E-state index in [0.717, 1.165) is 30.0 Å². The summed E-state index contributed by atoms with van der Waals surface area (Å²) < 4.78 is 118. The van der Waals surface area contributed by atoms with E-state index in [1.165, 1.54) is 12.1 Å². The van der Waals surface area contributed by atoms with Gasteiger partial charge in [-0.2, -0.15) is 8.78 Å². The number of allylic oxidation sites excluding steroid dienone is 2. The maximum absolute atomic E-state index is 15.2. The van der Waals surface area contributed by atoms with Gasteiger partial charge in [0.1, 0.15) is 28.8 Å². The number of aromatic nitrogens is 2. The molecule has 1 aromatic heterocycles. The lowest BCUT2D eigenvalue weighted by Gasteiger charge is -2.20. The number of hydrogen-bond acceptors (Lipinski definition) is 3. The summed E-state index contributed by atoms with van der Waals surface area (Å²) in [4.78, 5) is 8.80. The molecule has 5 rings (SSSR count). The second-order valence-corrected chi connectivity index (χ2v) is 9.93. The quantitative estimate of drug-likeness (QED) is 0.0928. The zero-order valence-electron chi connectivity index (χ0n) is 23.4. The molecule has 0 N–H and O–H groups in total. The van der Waals surface area contributed by atoms with Gasteiger partial charge in [-0.3, -0.25) is 0 Å². The fourth-order valence-corrected chi connectivity index (χ4v) is 4.59. The maximum Gasteiger partial charge on any atom is 0.432 e. The molecule has 0 aliphatic rings. The highest BCUT2D eigenvalue weighted by atomic mass is 19.3. The van der Waals surface area contributed by atoms with Crippen molar-refractivity contribution in [3.05, 3.63) is 137 Å². The molecule has 4 aromatic carbocycles. The highest BCUT2D eigenvalue weighted by Gasteiger charge is 2.41. The van der Waals surface area contributed by atoms with E-state index in [-0.39, 0.29) is 17.7 Å². The van der Waals surface area contributed by atoms with Crippen molar-refractivity contribution in [2.45, 2.75) is 25.9 Å². The number of aryl methyl sites for hydroxylation is 1. The summed E-state index contributed by atoms with van der Waals surface area (Å²) in [5, 5.41) is 0. The van der Waals surface area contributed by atoms with Gasteiger partial charge < -0.3 is 4.74 Å². The highest BCUT2D eigenvalue weighted by molar-refractivity contribution is 5.73. The molecule has 3 nitrogen and oxygen atoms in total. The van der Waals surface area contributed by atoms with Gasteiger partial charge in [0.25, 0.3) is 0 Å². The molecule has 1 heterocycles. The monoisotopic (exact) mass is 626 g/mol. The predicted octanol–water partition coefficient (Wildman–Crippen LogP) is 9.95. The minimum Gasteiger partial charge on any atom is -0.429 e. The smallest absolute Gasteiger partial charge is 0.429 e. The lowest BCUT2D eigenvalue weighted by Crippen LogP contribution is -2.25. The van der Waals surface area contributed by atoms with Crippen molar-refractivity contribution >= 4 is 0 Å². The minimum absolute atomic E-state index is 0.0967. The summed E-state index contributed by atoms with van der Waals surface area (Å²) in [6.07, 6.45) is 4.48. The Kier molecular flexibility index (Phi) is 8.99. The van der Waals surface area contributed by atoms with Crippen LogP contribution in [0.15, 0.2) is 91.3 Å². The van der Waals surface area contributed by atoms with Gasteiger partial charge in [0.15, 0.2) is 23.3 Å². The van der Waals surface area contributed by atoms with Crippen molar-refractivity contribution in [1.82, 2.24) is 9.97 Å². The maximum atomic E-state index is 15.2. The van der Waals surface area contributed by atoms with Crippen molar-refractivity contribution in [2.75, 3.05) is 0 Å². The molecule has 11 heteroatoms. The Hall–Kier alpha value is -5.06. The van der Waals surface area contributed by atoms with E-state index in [2.05, 4.69) is 20.8 Å². The van der Waals surface area contributed by atoms with E-state index < -0.39 is 57.9 Å². The van der Waals surface area contributed by atoms with Crippen LogP contribution in [0, 0.1) is 34.9 Å². The molecular formula is C34H22F8N2O. The van der Waals surface area contributed by atoms with Crippen molar-refractivity contribution < 1.29 is 39.9 Å². The second-order valence-electron chi connectivity index (χ2n) is 9.93. The lowest BCUT2D eigenvalue weighted by molar-refractivity contribution is -0.189. The number of hydrogen-bond donors (Lipinski definition) is 0. The summed E-state index contributed by atoms with van der Waals surface area (Å²) >= 11 is 0. The van der Waals surface area contributed by atoms with Crippen LogP contribution in [0.1, 0.15) is 24.5 Å². The van der Waals surface area contributed by atoms with Crippen molar-refractivity contribution in [3.8, 4) is 39.4 Å². The molecule has 230 valence electrons. The molecule has 0 atom stereocenters. The third-order valence-corrected chi connectivity index (χ3v) is 6.83. The van der Waals surface area contributed by atoms with Crippen LogP contribution in [0.2, 0.25) is 0 Å². The minimum atomic E-state index is -4.77. The Morgan fingerprint density at radius 1 is 0.667 bits per heavy atom. The van der Waals surface area contributed by atoms with Gasteiger partial charge in [0.05, 0.1) is 0 Å². The van der Waals surface area contributed by atoms with Crippen molar-refractivity contribution in [2.24, 2.45) is 0 Å². The summed E-state index contributed by atoms with van der Waals surface area (Å²) in [6.45, 7) is 1.95. The van der Waals surface area contributed by atoms with E-state index in [9.17, 15) is 30.7 Å². The summed E-state index contributed by atoms with van der Waals surface area (Å²) in [7, 11) is 0.